The molecule has 0 unspecified atom stereocenters. The zero-order valence-corrected chi connectivity index (χ0v) is 12.8. The molecular weight excluding hydrogens is 264 g/mol. The number of para-hydroxylation sites is 1. The van der Waals surface area contributed by atoms with E-state index in [0.29, 0.717) is 19.1 Å². The first-order valence-corrected chi connectivity index (χ1v) is 7.19. The van der Waals surface area contributed by atoms with Gasteiger partial charge in [-0.25, -0.2) is 0 Å². The third-order valence-electron chi connectivity index (χ3n) is 3.21. The maximum atomic E-state index is 5.82. The molecule has 0 bridgehead atoms. The predicted molar refractivity (Wildman–Crippen MR) is 84.5 cm³/mol. The maximum Gasteiger partial charge on any atom is 0.122 e. The highest BCUT2D eigenvalue weighted by atomic mass is 16.5. The van der Waals surface area contributed by atoms with E-state index < -0.39 is 0 Å². The Labute approximate surface area is 126 Å². The standard InChI is InChI=1S/C18H22O3/c1-14(2)17-6-4-5-7-18(17)21-13-12-20-16-10-8-15(19-3)9-11-16/h4-11,14H,12-13H2,1-3H3. The van der Waals surface area contributed by atoms with Gasteiger partial charge in [0.15, 0.2) is 0 Å². The van der Waals surface area contributed by atoms with Crippen LogP contribution >= 0.6 is 0 Å². The van der Waals surface area contributed by atoms with Gasteiger partial charge >= 0.3 is 0 Å². The molecule has 3 nitrogen and oxygen atoms in total. The molecule has 0 saturated carbocycles. The normalized spacial score (nSPS) is 10.5. The van der Waals surface area contributed by atoms with Gasteiger partial charge in [-0.15, -0.1) is 0 Å². The van der Waals surface area contributed by atoms with Crippen molar-refractivity contribution in [3.05, 3.63) is 54.1 Å². The molecule has 0 aromatic heterocycles. The Morgan fingerprint density at radius 1 is 0.810 bits per heavy atom. The zero-order chi connectivity index (χ0) is 15.1. The van der Waals surface area contributed by atoms with E-state index in [9.17, 15) is 0 Å². The summed E-state index contributed by atoms with van der Waals surface area (Å²) in [6, 6.07) is 15.7. The topological polar surface area (TPSA) is 27.7 Å². The summed E-state index contributed by atoms with van der Waals surface area (Å²) < 4.78 is 16.6. The van der Waals surface area contributed by atoms with Crippen LogP contribution in [0.15, 0.2) is 48.5 Å². The van der Waals surface area contributed by atoms with Crippen LogP contribution in [0.3, 0.4) is 0 Å². The van der Waals surface area contributed by atoms with Crippen LogP contribution in [0.25, 0.3) is 0 Å². The predicted octanol–water partition coefficient (Wildman–Crippen LogP) is 4.28. The molecule has 112 valence electrons. The molecule has 0 N–H and O–H groups in total. The molecule has 0 radical (unpaired) electrons. The van der Waals surface area contributed by atoms with Crippen LogP contribution in [0.2, 0.25) is 0 Å². The first-order chi connectivity index (χ1) is 10.2. The van der Waals surface area contributed by atoms with Crippen LogP contribution in [-0.2, 0) is 0 Å². The number of hydrogen-bond donors (Lipinski definition) is 0. The summed E-state index contributed by atoms with van der Waals surface area (Å²) in [7, 11) is 1.65. The Hall–Kier alpha value is -2.16. The number of rotatable bonds is 7. The van der Waals surface area contributed by atoms with Crippen LogP contribution in [-0.4, -0.2) is 20.3 Å². The van der Waals surface area contributed by atoms with Crippen molar-refractivity contribution < 1.29 is 14.2 Å². The van der Waals surface area contributed by atoms with Gasteiger partial charge in [0.25, 0.3) is 0 Å². The molecule has 0 amide bonds. The van der Waals surface area contributed by atoms with E-state index in [2.05, 4.69) is 19.9 Å². The lowest BCUT2D eigenvalue weighted by atomic mass is 10.0. The van der Waals surface area contributed by atoms with Crippen molar-refractivity contribution in [3.63, 3.8) is 0 Å². The van der Waals surface area contributed by atoms with E-state index in [1.807, 2.05) is 42.5 Å². The van der Waals surface area contributed by atoms with Crippen molar-refractivity contribution in [1.29, 1.82) is 0 Å². The smallest absolute Gasteiger partial charge is 0.122 e. The third-order valence-corrected chi connectivity index (χ3v) is 3.21. The SMILES string of the molecule is COc1ccc(OCCOc2ccccc2C(C)C)cc1. The highest BCUT2D eigenvalue weighted by molar-refractivity contribution is 5.35. The van der Waals surface area contributed by atoms with E-state index >= 15 is 0 Å². The van der Waals surface area contributed by atoms with E-state index in [-0.39, 0.29) is 0 Å². The molecule has 0 fully saturated rings. The number of ether oxygens (including phenoxy) is 3. The summed E-state index contributed by atoms with van der Waals surface area (Å²) in [5.74, 6) is 3.02. The van der Waals surface area contributed by atoms with Gasteiger partial charge < -0.3 is 14.2 Å². The highest BCUT2D eigenvalue weighted by Crippen LogP contribution is 2.25. The van der Waals surface area contributed by atoms with Crippen molar-refractivity contribution in [1.82, 2.24) is 0 Å². The molecule has 0 spiro atoms. The van der Waals surface area contributed by atoms with Crippen LogP contribution in [0.1, 0.15) is 25.3 Å². The lowest BCUT2D eigenvalue weighted by Crippen LogP contribution is -2.10. The molecule has 3 heteroatoms. The van der Waals surface area contributed by atoms with Crippen molar-refractivity contribution >= 4 is 0 Å². The Kier molecular flexibility index (Phi) is 5.50. The van der Waals surface area contributed by atoms with E-state index in [4.69, 9.17) is 14.2 Å². The minimum Gasteiger partial charge on any atom is -0.497 e. The summed E-state index contributed by atoms with van der Waals surface area (Å²) in [5, 5.41) is 0. The van der Waals surface area contributed by atoms with Crippen molar-refractivity contribution in [2.45, 2.75) is 19.8 Å². The molecule has 0 aliphatic rings. The first kappa shape index (κ1) is 15.2. The molecule has 0 atom stereocenters. The van der Waals surface area contributed by atoms with Gasteiger partial charge in [-0.05, 0) is 41.8 Å². The summed E-state index contributed by atoms with van der Waals surface area (Å²) >= 11 is 0. The Morgan fingerprint density at radius 2 is 1.43 bits per heavy atom. The zero-order valence-electron chi connectivity index (χ0n) is 12.8. The molecule has 2 aromatic rings. The minimum absolute atomic E-state index is 0.448. The molecule has 0 saturated heterocycles. The van der Waals surface area contributed by atoms with Crippen LogP contribution in [0, 0.1) is 0 Å². The Balaban J connectivity index is 1.82. The average Bonchev–Trinajstić information content (AvgIpc) is 2.52. The fourth-order valence-electron chi connectivity index (χ4n) is 2.07. The molecular formula is C18H22O3. The van der Waals surface area contributed by atoms with Gasteiger partial charge in [-0.2, -0.15) is 0 Å². The Bertz CT molecular complexity index is 547. The van der Waals surface area contributed by atoms with Crippen molar-refractivity contribution in [2.75, 3.05) is 20.3 Å². The monoisotopic (exact) mass is 286 g/mol. The largest absolute Gasteiger partial charge is 0.497 e. The molecule has 2 rings (SSSR count). The summed E-state index contributed by atoms with van der Waals surface area (Å²) in [6.07, 6.45) is 0. The molecule has 2 aromatic carbocycles. The minimum atomic E-state index is 0.448. The van der Waals surface area contributed by atoms with Gasteiger partial charge in [0.2, 0.25) is 0 Å². The number of benzene rings is 2. The van der Waals surface area contributed by atoms with Crippen LogP contribution in [0.4, 0.5) is 0 Å². The average molecular weight is 286 g/mol. The van der Waals surface area contributed by atoms with Crippen molar-refractivity contribution in [3.8, 4) is 17.2 Å². The highest BCUT2D eigenvalue weighted by Gasteiger charge is 2.06. The van der Waals surface area contributed by atoms with E-state index in [1.54, 1.807) is 7.11 Å². The number of methoxy groups -OCH3 is 1. The first-order valence-electron chi connectivity index (χ1n) is 7.19. The summed E-state index contributed by atoms with van der Waals surface area (Å²) in [4.78, 5) is 0. The van der Waals surface area contributed by atoms with Gasteiger partial charge in [0.05, 0.1) is 7.11 Å². The lowest BCUT2D eigenvalue weighted by Gasteiger charge is -2.14. The summed E-state index contributed by atoms with van der Waals surface area (Å²) in [6.45, 7) is 5.36. The second kappa shape index (κ2) is 7.58. The fourth-order valence-corrected chi connectivity index (χ4v) is 2.07. The van der Waals surface area contributed by atoms with Crippen molar-refractivity contribution in [2.24, 2.45) is 0 Å². The van der Waals surface area contributed by atoms with Gasteiger partial charge in [-0.3, -0.25) is 0 Å². The van der Waals surface area contributed by atoms with Gasteiger partial charge in [0.1, 0.15) is 30.5 Å². The number of hydrogen-bond acceptors (Lipinski definition) is 3. The maximum absolute atomic E-state index is 5.82. The molecule has 0 aliphatic carbocycles. The lowest BCUT2D eigenvalue weighted by molar-refractivity contribution is 0.215. The fraction of sp³-hybridized carbons (Fsp3) is 0.333. The Morgan fingerprint density at radius 3 is 2.10 bits per heavy atom. The van der Waals surface area contributed by atoms with Crippen LogP contribution in [0.5, 0.6) is 17.2 Å². The molecule has 0 aliphatic heterocycles. The molecule has 21 heavy (non-hydrogen) atoms. The quantitative estimate of drug-likeness (QED) is 0.711. The van der Waals surface area contributed by atoms with E-state index in [0.717, 1.165) is 17.2 Å². The second-order valence-corrected chi connectivity index (χ2v) is 5.06. The molecule has 0 heterocycles. The van der Waals surface area contributed by atoms with Crippen LogP contribution < -0.4 is 14.2 Å². The second-order valence-electron chi connectivity index (χ2n) is 5.06. The summed E-state index contributed by atoms with van der Waals surface area (Å²) in [5.41, 5.74) is 1.22. The third kappa shape index (κ3) is 4.42. The van der Waals surface area contributed by atoms with Gasteiger partial charge in [0, 0.05) is 0 Å². The van der Waals surface area contributed by atoms with Gasteiger partial charge in [-0.1, -0.05) is 32.0 Å². The van der Waals surface area contributed by atoms with E-state index in [1.165, 1.54) is 5.56 Å².